The lowest BCUT2D eigenvalue weighted by atomic mass is 9.81. The molecule has 31 heavy (non-hydrogen) atoms. The monoisotopic (exact) mass is 420 g/mol. The molecule has 1 saturated carbocycles. The molecule has 5 rings (SSSR count). The van der Waals surface area contributed by atoms with Gasteiger partial charge in [0.15, 0.2) is 11.7 Å². The van der Waals surface area contributed by atoms with Gasteiger partial charge in [-0.05, 0) is 57.0 Å². The highest BCUT2D eigenvalue weighted by Crippen LogP contribution is 2.30. The molecule has 1 aliphatic carbocycles. The van der Waals surface area contributed by atoms with Crippen LogP contribution in [0.25, 0.3) is 22.2 Å². The Kier molecular flexibility index (Phi) is 5.54. The van der Waals surface area contributed by atoms with Crippen LogP contribution in [-0.4, -0.2) is 58.2 Å². The SMILES string of the molecule is Cc1ncc(-c2ccc3nnc(CC(=O)C4CCC(N(C)C5COC5)CC4)cc3c2)o1. The van der Waals surface area contributed by atoms with Crippen molar-refractivity contribution in [3.05, 3.63) is 42.0 Å². The number of fused-ring (bicyclic) bond motifs is 1. The molecule has 7 nitrogen and oxygen atoms in total. The molecule has 3 heterocycles. The largest absolute Gasteiger partial charge is 0.441 e. The number of Topliss-reactive ketones (excluding diaryl/α,β-unsaturated/α-hetero) is 1. The third-order valence-corrected chi connectivity index (χ3v) is 6.82. The number of aromatic nitrogens is 3. The van der Waals surface area contributed by atoms with Gasteiger partial charge in [0.05, 0.1) is 43.1 Å². The summed E-state index contributed by atoms with van der Waals surface area (Å²) in [6.45, 7) is 3.51. The van der Waals surface area contributed by atoms with Crippen LogP contribution in [0.4, 0.5) is 0 Å². The number of benzene rings is 1. The van der Waals surface area contributed by atoms with Crippen LogP contribution in [0.5, 0.6) is 0 Å². The topological polar surface area (TPSA) is 81.4 Å². The lowest BCUT2D eigenvalue weighted by molar-refractivity contribution is -0.124. The third-order valence-electron chi connectivity index (χ3n) is 6.82. The van der Waals surface area contributed by atoms with E-state index in [0.29, 0.717) is 24.4 Å². The number of aryl methyl sites for hydroxylation is 1. The second-order valence-electron chi connectivity index (χ2n) is 8.86. The Labute approximate surface area is 181 Å². The zero-order valence-electron chi connectivity index (χ0n) is 18.1. The summed E-state index contributed by atoms with van der Waals surface area (Å²) >= 11 is 0. The molecule has 1 saturated heterocycles. The summed E-state index contributed by atoms with van der Waals surface area (Å²) in [5.41, 5.74) is 2.48. The molecule has 2 fully saturated rings. The fourth-order valence-corrected chi connectivity index (χ4v) is 4.71. The van der Waals surface area contributed by atoms with Gasteiger partial charge in [-0.1, -0.05) is 0 Å². The van der Waals surface area contributed by atoms with E-state index in [-0.39, 0.29) is 11.7 Å². The van der Waals surface area contributed by atoms with Crippen molar-refractivity contribution in [3.8, 4) is 11.3 Å². The van der Waals surface area contributed by atoms with E-state index in [9.17, 15) is 4.79 Å². The Morgan fingerprint density at radius 2 is 1.90 bits per heavy atom. The third kappa shape index (κ3) is 4.25. The van der Waals surface area contributed by atoms with Crippen molar-refractivity contribution >= 4 is 16.7 Å². The number of ether oxygens (including phenoxy) is 1. The van der Waals surface area contributed by atoms with E-state index in [1.807, 2.05) is 31.2 Å². The predicted molar refractivity (Wildman–Crippen MR) is 117 cm³/mol. The van der Waals surface area contributed by atoms with Crippen molar-refractivity contribution in [2.45, 2.75) is 51.1 Å². The molecule has 162 valence electrons. The number of oxazole rings is 1. The van der Waals surface area contributed by atoms with Crippen molar-refractivity contribution < 1.29 is 13.9 Å². The molecule has 0 N–H and O–H groups in total. The molecule has 0 bridgehead atoms. The Balaban J connectivity index is 1.24. The summed E-state index contributed by atoms with van der Waals surface area (Å²) in [6.07, 6.45) is 6.13. The Bertz CT molecular complexity index is 1080. The lowest BCUT2D eigenvalue weighted by Gasteiger charge is -2.42. The summed E-state index contributed by atoms with van der Waals surface area (Å²) < 4.78 is 11.0. The minimum absolute atomic E-state index is 0.128. The van der Waals surface area contributed by atoms with Crippen LogP contribution in [0.3, 0.4) is 0 Å². The molecule has 1 aromatic carbocycles. The average molecular weight is 421 g/mol. The van der Waals surface area contributed by atoms with Crippen LogP contribution in [0.2, 0.25) is 0 Å². The van der Waals surface area contributed by atoms with Crippen LogP contribution in [0.15, 0.2) is 34.9 Å². The normalized spacial score (nSPS) is 22.0. The van der Waals surface area contributed by atoms with Gasteiger partial charge < -0.3 is 9.15 Å². The molecule has 0 spiro atoms. The molecular formula is C24H28N4O3. The number of ketones is 1. The maximum atomic E-state index is 12.9. The van der Waals surface area contributed by atoms with Crippen LogP contribution in [0.1, 0.15) is 37.3 Å². The highest BCUT2D eigenvalue weighted by molar-refractivity contribution is 5.86. The van der Waals surface area contributed by atoms with Gasteiger partial charge in [-0.3, -0.25) is 9.69 Å². The summed E-state index contributed by atoms with van der Waals surface area (Å²) in [5, 5.41) is 9.58. The summed E-state index contributed by atoms with van der Waals surface area (Å²) in [5.74, 6) is 1.77. The van der Waals surface area contributed by atoms with Gasteiger partial charge in [0, 0.05) is 29.8 Å². The standard InChI is InChI=1S/C24H28N4O3/c1-15-25-12-24(31-15)17-5-8-22-18(9-17)10-19(26-27-22)11-23(29)16-3-6-20(7-4-16)28(2)21-13-30-14-21/h5,8-10,12,16,20-21H,3-4,6-7,11,13-14H2,1-2H3. The second kappa shape index (κ2) is 8.48. The second-order valence-corrected chi connectivity index (χ2v) is 8.86. The van der Waals surface area contributed by atoms with E-state index in [1.165, 1.54) is 0 Å². The molecule has 1 aliphatic heterocycles. The number of hydrogen-bond donors (Lipinski definition) is 0. The van der Waals surface area contributed by atoms with Crippen molar-refractivity contribution in [1.82, 2.24) is 20.1 Å². The maximum absolute atomic E-state index is 12.9. The molecule has 2 aromatic heterocycles. The van der Waals surface area contributed by atoms with Crippen molar-refractivity contribution in [2.75, 3.05) is 20.3 Å². The van der Waals surface area contributed by atoms with Crippen LogP contribution < -0.4 is 0 Å². The molecule has 0 unspecified atom stereocenters. The summed E-state index contributed by atoms with van der Waals surface area (Å²) in [7, 11) is 2.19. The predicted octanol–water partition coefficient (Wildman–Crippen LogP) is 3.59. The van der Waals surface area contributed by atoms with Crippen LogP contribution in [-0.2, 0) is 16.0 Å². The van der Waals surface area contributed by atoms with Crippen LogP contribution in [0, 0.1) is 12.8 Å². The number of carbonyl (C=O) groups excluding carboxylic acids is 1. The minimum atomic E-state index is 0.128. The Hall–Kier alpha value is -2.64. The van der Waals surface area contributed by atoms with E-state index in [0.717, 1.165) is 66.8 Å². The molecule has 0 amide bonds. The van der Waals surface area contributed by atoms with Gasteiger partial charge in [0.1, 0.15) is 5.78 Å². The fraction of sp³-hybridized carbons (Fsp3) is 0.500. The highest BCUT2D eigenvalue weighted by atomic mass is 16.5. The zero-order chi connectivity index (χ0) is 21.4. The van der Waals surface area contributed by atoms with Crippen LogP contribution >= 0.6 is 0 Å². The molecule has 0 atom stereocenters. The van der Waals surface area contributed by atoms with Gasteiger partial charge in [-0.15, -0.1) is 0 Å². The molecule has 0 radical (unpaired) electrons. The van der Waals surface area contributed by atoms with Gasteiger partial charge in [0.2, 0.25) is 0 Å². The maximum Gasteiger partial charge on any atom is 0.191 e. The first-order valence-corrected chi connectivity index (χ1v) is 11.1. The Morgan fingerprint density at radius 3 is 2.58 bits per heavy atom. The highest BCUT2D eigenvalue weighted by Gasteiger charge is 2.33. The first-order chi connectivity index (χ1) is 15.1. The van der Waals surface area contributed by atoms with E-state index in [4.69, 9.17) is 9.15 Å². The average Bonchev–Trinajstić information content (AvgIpc) is 3.18. The first-order valence-electron chi connectivity index (χ1n) is 11.1. The quantitative estimate of drug-likeness (QED) is 0.603. The smallest absolute Gasteiger partial charge is 0.191 e. The summed E-state index contributed by atoms with van der Waals surface area (Å²) in [4.78, 5) is 19.6. The number of nitrogens with zero attached hydrogens (tertiary/aromatic N) is 4. The van der Waals surface area contributed by atoms with E-state index in [1.54, 1.807) is 6.20 Å². The number of carbonyl (C=O) groups is 1. The fourth-order valence-electron chi connectivity index (χ4n) is 4.71. The molecular weight excluding hydrogens is 392 g/mol. The first kappa shape index (κ1) is 20.3. The zero-order valence-corrected chi connectivity index (χ0v) is 18.1. The van der Waals surface area contributed by atoms with Crippen molar-refractivity contribution in [3.63, 3.8) is 0 Å². The van der Waals surface area contributed by atoms with E-state index >= 15 is 0 Å². The van der Waals surface area contributed by atoms with Gasteiger partial charge >= 0.3 is 0 Å². The molecule has 3 aromatic rings. The number of rotatable bonds is 6. The lowest BCUT2D eigenvalue weighted by Crippen LogP contribution is -2.52. The van der Waals surface area contributed by atoms with Crippen molar-refractivity contribution in [1.29, 1.82) is 0 Å². The van der Waals surface area contributed by atoms with E-state index in [2.05, 4.69) is 27.1 Å². The van der Waals surface area contributed by atoms with Gasteiger partial charge in [0.25, 0.3) is 0 Å². The molecule has 2 aliphatic rings. The Morgan fingerprint density at radius 1 is 1.10 bits per heavy atom. The van der Waals surface area contributed by atoms with Crippen molar-refractivity contribution in [2.24, 2.45) is 5.92 Å². The number of likely N-dealkylation sites (N-methyl/N-ethyl adjacent to an activating group) is 1. The van der Waals surface area contributed by atoms with Gasteiger partial charge in [-0.25, -0.2) is 4.98 Å². The number of hydrogen-bond acceptors (Lipinski definition) is 7. The van der Waals surface area contributed by atoms with Gasteiger partial charge in [-0.2, -0.15) is 10.2 Å². The molecule has 7 heteroatoms. The minimum Gasteiger partial charge on any atom is -0.441 e. The van der Waals surface area contributed by atoms with E-state index < -0.39 is 0 Å². The summed E-state index contributed by atoms with van der Waals surface area (Å²) in [6, 6.07) is 8.98.